The van der Waals surface area contributed by atoms with Gasteiger partial charge in [-0.3, -0.25) is 9.69 Å². The van der Waals surface area contributed by atoms with Crippen molar-refractivity contribution < 1.29 is 0 Å². The second kappa shape index (κ2) is 7.23. The minimum Gasteiger partial charge on any atom is -0.308 e. The first-order valence-electron chi connectivity index (χ1n) is 8.49. The Balaban J connectivity index is 1.57. The highest BCUT2D eigenvalue weighted by molar-refractivity contribution is 7.17. The van der Waals surface area contributed by atoms with E-state index >= 15 is 0 Å². The number of nitrogens with one attached hydrogen (secondary N) is 1. The third-order valence-electron chi connectivity index (χ3n) is 4.33. The van der Waals surface area contributed by atoms with E-state index in [0.29, 0.717) is 17.1 Å². The molecular formula is C21H19N3OS. The highest BCUT2D eigenvalue weighted by Gasteiger charge is 2.10. The molecule has 0 bridgehead atoms. The lowest BCUT2D eigenvalue weighted by atomic mass is 9.99. The minimum absolute atomic E-state index is 0.0573. The minimum atomic E-state index is -0.0573. The van der Waals surface area contributed by atoms with E-state index in [1.807, 2.05) is 24.6 Å². The number of hydrogen-bond donors (Lipinski definition) is 1. The molecule has 0 saturated heterocycles. The summed E-state index contributed by atoms with van der Waals surface area (Å²) in [6.45, 7) is 1.36. The Morgan fingerprint density at radius 3 is 2.62 bits per heavy atom. The number of thiophene rings is 1. The van der Waals surface area contributed by atoms with Gasteiger partial charge in [0.2, 0.25) is 0 Å². The van der Waals surface area contributed by atoms with Crippen LogP contribution >= 0.6 is 11.3 Å². The number of benzene rings is 2. The monoisotopic (exact) mass is 361 g/mol. The third-order valence-corrected chi connectivity index (χ3v) is 5.23. The number of fused-ring (bicyclic) bond motifs is 1. The van der Waals surface area contributed by atoms with Gasteiger partial charge in [0.25, 0.3) is 5.56 Å². The molecule has 0 fully saturated rings. The average Bonchev–Trinajstić information content (AvgIpc) is 3.12. The Kier molecular flexibility index (Phi) is 4.65. The molecule has 0 aliphatic heterocycles. The Morgan fingerprint density at radius 2 is 1.77 bits per heavy atom. The molecule has 0 aliphatic rings. The van der Waals surface area contributed by atoms with Crippen LogP contribution in [0.15, 0.2) is 70.8 Å². The van der Waals surface area contributed by atoms with Gasteiger partial charge in [-0.05, 0) is 35.2 Å². The zero-order valence-electron chi connectivity index (χ0n) is 14.5. The highest BCUT2D eigenvalue weighted by Crippen LogP contribution is 2.24. The molecule has 0 radical (unpaired) electrons. The number of nitrogens with zero attached hydrogens (tertiary/aromatic N) is 2. The molecule has 130 valence electrons. The average molecular weight is 361 g/mol. The van der Waals surface area contributed by atoms with Gasteiger partial charge in [0.15, 0.2) is 0 Å². The fourth-order valence-corrected chi connectivity index (χ4v) is 3.88. The van der Waals surface area contributed by atoms with Gasteiger partial charge in [-0.25, -0.2) is 4.98 Å². The van der Waals surface area contributed by atoms with Gasteiger partial charge in [0, 0.05) is 6.54 Å². The number of rotatable bonds is 5. The lowest BCUT2D eigenvalue weighted by Gasteiger charge is -2.18. The zero-order chi connectivity index (χ0) is 17.9. The van der Waals surface area contributed by atoms with Crippen molar-refractivity contribution in [2.45, 2.75) is 13.1 Å². The van der Waals surface area contributed by atoms with Crippen LogP contribution in [0.25, 0.3) is 21.3 Å². The first-order chi connectivity index (χ1) is 12.7. The van der Waals surface area contributed by atoms with E-state index in [0.717, 1.165) is 12.1 Å². The predicted molar refractivity (Wildman–Crippen MR) is 107 cm³/mol. The number of H-pyrrole nitrogens is 1. The van der Waals surface area contributed by atoms with Crippen LogP contribution < -0.4 is 5.56 Å². The molecular weight excluding hydrogens is 342 g/mol. The topological polar surface area (TPSA) is 49.0 Å². The van der Waals surface area contributed by atoms with Crippen LogP contribution in [0, 0.1) is 0 Å². The summed E-state index contributed by atoms with van der Waals surface area (Å²) in [5.74, 6) is 0.695. The van der Waals surface area contributed by atoms with Crippen molar-refractivity contribution in [1.29, 1.82) is 0 Å². The SMILES string of the molecule is CN(Cc1nc2ccsc2c(=O)[nH]1)Cc1ccccc1-c1ccccc1. The normalized spacial score (nSPS) is 11.3. The maximum absolute atomic E-state index is 12.1. The number of aromatic amines is 1. The van der Waals surface area contributed by atoms with Crippen molar-refractivity contribution in [3.8, 4) is 11.1 Å². The van der Waals surface area contributed by atoms with Crippen LogP contribution in [0.4, 0.5) is 0 Å². The van der Waals surface area contributed by atoms with Crippen molar-refractivity contribution >= 4 is 21.6 Å². The van der Waals surface area contributed by atoms with Gasteiger partial charge >= 0.3 is 0 Å². The van der Waals surface area contributed by atoms with Gasteiger partial charge in [0.1, 0.15) is 10.5 Å². The summed E-state index contributed by atoms with van der Waals surface area (Å²) < 4.78 is 0.686. The fourth-order valence-electron chi connectivity index (χ4n) is 3.16. The van der Waals surface area contributed by atoms with Crippen LogP contribution in [-0.2, 0) is 13.1 Å². The van der Waals surface area contributed by atoms with E-state index in [-0.39, 0.29) is 5.56 Å². The quantitative estimate of drug-likeness (QED) is 0.577. The molecule has 2 heterocycles. The second-order valence-electron chi connectivity index (χ2n) is 6.34. The van der Waals surface area contributed by atoms with Crippen LogP contribution in [0.3, 0.4) is 0 Å². The molecule has 0 aliphatic carbocycles. The van der Waals surface area contributed by atoms with Crippen molar-refractivity contribution in [3.05, 3.63) is 87.8 Å². The van der Waals surface area contributed by atoms with E-state index in [1.165, 1.54) is 28.0 Å². The molecule has 0 saturated carbocycles. The highest BCUT2D eigenvalue weighted by atomic mass is 32.1. The molecule has 2 aromatic heterocycles. The van der Waals surface area contributed by atoms with E-state index in [4.69, 9.17) is 0 Å². The predicted octanol–water partition coefficient (Wildman–Crippen LogP) is 4.28. The summed E-state index contributed by atoms with van der Waals surface area (Å²) in [7, 11) is 2.04. The summed E-state index contributed by atoms with van der Waals surface area (Å²) in [5, 5.41) is 1.90. The van der Waals surface area contributed by atoms with Crippen LogP contribution in [0.2, 0.25) is 0 Å². The van der Waals surface area contributed by atoms with Crippen LogP contribution in [-0.4, -0.2) is 21.9 Å². The lowest BCUT2D eigenvalue weighted by Crippen LogP contribution is -2.21. The lowest BCUT2D eigenvalue weighted by molar-refractivity contribution is 0.311. The third kappa shape index (κ3) is 3.45. The number of hydrogen-bond acceptors (Lipinski definition) is 4. The van der Waals surface area contributed by atoms with Gasteiger partial charge in [-0.15, -0.1) is 11.3 Å². The summed E-state index contributed by atoms with van der Waals surface area (Å²) in [4.78, 5) is 21.8. The molecule has 0 spiro atoms. The first-order valence-corrected chi connectivity index (χ1v) is 9.37. The Hall–Kier alpha value is -2.76. The van der Waals surface area contributed by atoms with Crippen LogP contribution in [0.1, 0.15) is 11.4 Å². The Labute approximate surface area is 155 Å². The largest absolute Gasteiger partial charge is 0.308 e. The first kappa shape index (κ1) is 16.7. The fraction of sp³-hybridized carbons (Fsp3) is 0.143. The smallest absolute Gasteiger partial charge is 0.268 e. The van der Waals surface area contributed by atoms with E-state index in [1.54, 1.807) is 0 Å². The maximum Gasteiger partial charge on any atom is 0.268 e. The summed E-state index contributed by atoms with van der Waals surface area (Å²) in [6.07, 6.45) is 0. The second-order valence-corrected chi connectivity index (χ2v) is 7.26. The number of aromatic nitrogens is 2. The Morgan fingerprint density at radius 1 is 1.00 bits per heavy atom. The van der Waals surface area contributed by atoms with Crippen molar-refractivity contribution in [1.82, 2.24) is 14.9 Å². The molecule has 0 amide bonds. The van der Waals surface area contributed by atoms with Gasteiger partial charge in [-0.1, -0.05) is 54.6 Å². The van der Waals surface area contributed by atoms with Crippen molar-refractivity contribution in [2.24, 2.45) is 0 Å². The van der Waals surface area contributed by atoms with Gasteiger partial charge in [-0.2, -0.15) is 0 Å². The standard InChI is InChI=1S/C21H19N3OS/c1-24(14-19-22-18-11-12-26-20(18)21(25)23-19)13-16-9-5-6-10-17(16)15-7-3-2-4-8-15/h2-12H,13-14H2,1H3,(H,22,23,25). The van der Waals surface area contributed by atoms with Gasteiger partial charge in [0.05, 0.1) is 12.1 Å². The molecule has 0 unspecified atom stereocenters. The zero-order valence-corrected chi connectivity index (χ0v) is 15.3. The summed E-state index contributed by atoms with van der Waals surface area (Å²) in [6, 6.07) is 20.7. The maximum atomic E-state index is 12.1. The van der Waals surface area contributed by atoms with Crippen LogP contribution in [0.5, 0.6) is 0 Å². The summed E-state index contributed by atoms with van der Waals surface area (Å²) >= 11 is 1.42. The van der Waals surface area contributed by atoms with E-state index < -0.39 is 0 Å². The molecule has 5 heteroatoms. The van der Waals surface area contributed by atoms with Gasteiger partial charge < -0.3 is 4.98 Å². The van der Waals surface area contributed by atoms with E-state index in [9.17, 15) is 4.79 Å². The van der Waals surface area contributed by atoms with Crippen molar-refractivity contribution in [2.75, 3.05) is 7.05 Å². The molecule has 2 aromatic carbocycles. The molecule has 4 rings (SSSR count). The summed E-state index contributed by atoms with van der Waals surface area (Å²) in [5.41, 5.74) is 4.41. The van der Waals surface area contributed by atoms with Crippen molar-refractivity contribution in [3.63, 3.8) is 0 Å². The molecule has 26 heavy (non-hydrogen) atoms. The molecule has 1 N–H and O–H groups in total. The Bertz CT molecular complexity index is 1090. The molecule has 0 atom stereocenters. The molecule has 4 nitrogen and oxygen atoms in total. The van der Waals surface area contributed by atoms with E-state index in [2.05, 4.69) is 63.4 Å². The molecule has 4 aromatic rings.